The van der Waals surface area contributed by atoms with Crippen molar-refractivity contribution in [2.24, 2.45) is 0 Å². The number of ether oxygens (including phenoxy) is 2. The van der Waals surface area contributed by atoms with Gasteiger partial charge in [0.2, 0.25) is 0 Å². The molecule has 0 aliphatic carbocycles. The van der Waals surface area contributed by atoms with Gasteiger partial charge >= 0.3 is 6.09 Å². The summed E-state index contributed by atoms with van der Waals surface area (Å²) in [6, 6.07) is 0. The Bertz CT molecular complexity index is 270. The van der Waals surface area contributed by atoms with Crippen LogP contribution in [0, 0.1) is 0 Å². The maximum atomic E-state index is 11.7. The van der Waals surface area contributed by atoms with Gasteiger partial charge in [-0.15, -0.1) is 0 Å². The van der Waals surface area contributed by atoms with Gasteiger partial charge in [-0.1, -0.05) is 25.5 Å². The molecule has 17 heavy (non-hydrogen) atoms. The molecule has 4 heteroatoms. The molecule has 1 amide bonds. The number of carbonyl (C=O) groups excluding carboxylic acids is 1. The molecule has 1 fully saturated rings. The van der Waals surface area contributed by atoms with E-state index in [4.69, 9.17) is 9.47 Å². The molecule has 2 heterocycles. The number of nitrogens with zero attached hydrogens (tertiary/aromatic N) is 1. The maximum absolute atomic E-state index is 11.7. The van der Waals surface area contributed by atoms with Gasteiger partial charge < -0.3 is 14.4 Å². The Morgan fingerprint density at radius 2 is 2.29 bits per heavy atom. The van der Waals surface area contributed by atoms with Gasteiger partial charge in [-0.25, -0.2) is 4.79 Å². The Morgan fingerprint density at radius 1 is 1.53 bits per heavy atom. The molecule has 0 radical (unpaired) electrons. The fourth-order valence-electron chi connectivity index (χ4n) is 1.76. The first kappa shape index (κ1) is 14.0. The monoisotopic (exact) mass is 241 g/mol. The highest BCUT2D eigenvalue weighted by Crippen LogP contribution is 2.14. The minimum absolute atomic E-state index is 0.0375. The van der Waals surface area contributed by atoms with E-state index in [0.29, 0.717) is 19.8 Å². The predicted octanol–water partition coefficient (Wildman–Crippen LogP) is 2.59. The number of rotatable bonds is 1. The Labute approximate surface area is 104 Å². The third-order valence-corrected chi connectivity index (χ3v) is 2.85. The fraction of sp³-hybridized carbons (Fsp3) is 0.769. The summed E-state index contributed by atoms with van der Waals surface area (Å²) in [4.78, 5) is 13.4. The van der Waals surface area contributed by atoms with Crippen molar-refractivity contribution < 1.29 is 14.3 Å². The van der Waals surface area contributed by atoms with E-state index < -0.39 is 0 Å². The van der Waals surface area contributed by atoms with Crippen LogP contribution in [-0.2, 0) is 9.47 Å². The summed E-state index contributed by atoms with van der Waals surface area (Å²) in [7, 11) is 0. The number of hydrogen-bond acceptors (Lipinski definition) is 3. The van der Waals surface area contributed by atoms with Crippen molar-refractivity contribution in [2.75, 3.05) is 26.3 Å². The van der Waals surface area contributed by atoms with E-state index in [1.807, 2.05) is 13.8 Å². The molecule has 1 atom stereocenters. The molecule has 0 aromatic rings. The SMILES string of the molecule is CC.CC1=CCN(C(=O)OC2CCOC2)CC1. The Balaban J connectivity index is 0.000000686. The average molecular weight is 241 g/mol. The molecule has 2 aliphatic heterocycles. The van der Waals surface area contributed by atoms with E-state index in [1.54, 1.807) is 4.90 Å². The summed E-state index contributed by atoms with van der Waals surface area (Å²) in [6.45, 7) is 8.80. The maximum Gasteiger partial charge on any atom is 0.410 e. The van der Waals surface area contributed by atoms with Crippen molar-refractivity contribution in [1.29, 1.82) is 0 Å². The average Bonchev–Trinajstić information content (AvgIpc) is 2.85. The van der Waals surface area contributed by atoms with Crippen LogP contribution in [0.3, 0.4) is 0 Å². The second kappa shape index (κ2) is 7.33. The standard InChI is InChI=1S/C11H17NO3.C2H6/c1-9-2-5-12(6-3-9)11(13)15-10-4-7-14-8-10;1-2/h2,10H,3-8H2,1H3;1-2H3. The van der Waals surface area contributed by atoms with Crippen molar-refractivity contribution >= 4 is 6.09 Å². The van der Waals surface area contributed by atoms with E-state index >= 15 is 0 Å². The van der Waals surface area contributed by atoms with Crippen LogP contribution in [0.15, 0.2) is 11.6 Å². The van der Waals surface area contributed by atoms with Gasteiger partial charge in [0.05, 0.1) is 13.2 Å². The van der Waals surface area contributed by atoms with Crippen molar-refractivity contribution in [3.05, 3.63) is 11.6 Å². The lowest BCUT2D eigenvalue weighted by molar-refractivity contribution is 0.0564. The molecule has 0 saturated carbocycles. The van der Waals surface area contributed by atoms with Gasteiger partial charge in [-0.05, 0) is 13.3 Å². The molecular formula is C13H23NO3. The summed E-state index contributed by atoms with van der Waals surface area (Å²) in [5, 5.41) is 0. The van der Waals surface area contributed by atoms with E-state index in [0.717, 1.165) is 19.4 Å². The molecule has 2 rings (SSSR count). The first-order valence-corrected chi connectivity index (χ1v) is 6.44. The van der Waals surface area contributed by atoms with Gasteiger partial charge in [0.1, 0.15) is 6.10 Å². The molecule has 2 aliphatic rings. The first-order chi connectivity index (χ1) is 8.25. The van der Waals surface area contributed by atoms with Gasteiger partial charge in [0.25, 0.3) is 0 Å². The van der Waals surface area contributed by atoms with Crippen molar-refractivity contribution in [2.45, 2.75) is 39.7 Å². The summed E-state index contributed by atoms with van der Waals surface area (Å²) >= 11 is 0. The minimum atomic E-state index is -0.200. The highest BCUT2D eigenvalue weighted by atomic mass is 16.6. The highest BCUT2D eigenvalue weighted by Gasteiger charge is 2.24. The summed E-state index contributed by atoms with van der Waals surface area (Å²) < 4.78 is 10.5. The van der Waals surface area contributed by atoms with Gasteiger partial charge in [-0.3, -0.25) is 0 Å². The molecule has 0 N–H and O–H groups in total. The summed E-state index contributed by atoms with van der Waals surface area (Å²) in [5.41, 5.74) is 1.35. The van der Waals surface area contributed by atoms with Crippen LogP contribution in [0.2, 0.25) is 0 Å². The Kier molecular flexibility index (Phi) is 6.05. The molecule has 0 bridgehead atoms. The van der Waals surface area contributed by atoms with Crippen LogP contribution < -0.4 is 0 Å². The van der Waals surface area contributed by atoms with E-state index in [-0.39, 0.29) is 12.2 Å². The van der Waals surface area contributed by atoms with Crippen LogP contribution in [0.4, 0.5) is 4.79 Å². The zero-order valence-electron chi connectivity index (χ0n) is 11.1. The second-order valence-electron chi connectivity index (χ2n) is 4.12. The molecule has 0 aromatic carbocycles. The zero-order valence-corrected chi connectivity index (χ0v) is 11.1. The topological polar surface area (TPSA) is 38.8 Å². The lowest BCUT2D eigenvalue weighted by Crippen LogP contribution is -2.37. The quantitative estimate of drug-likeness (QED) is 0.662. The minimum Gasteiger partial charge on any atom is -0.444 e. The molecule has 1 saturated heterocycles. The van der Waals surface area contributed by atoms with Crippen LogP contribution in [0.1, 0.15) is 33.6 Å². The third-order valence-electron chi connectivity index (χ3n) is 2.85. The lowest BCUT2D eigenvalue weighted by Gasteiger charge is -2.25. The molecule has 0 spiro atoms. The first-order valence-electron chi connectivity index (χ1n) is 6.44. The highest BCUT2D eigenvalue weighted by molar-refractivity contribution is 5.68. The van der Waals surface area contributed by atoms with Crippen LogP contribution in [0.5, 0.6) is 0 Å². The van der Waals surface area contributed by atoms with Crippen molar-refractivity contribution in [3.63, 3.8) is 0 Å². The van der Waals surface area contributed by atoms with E-state index in [9.17, 15) is 4.79 Å². The van der Waals surface area contributed by atoms with Gasteiger partial charge in [-0.2, -0.15) is 0 Å². The van der Waals surface area contributed by atoms with Crippen molar-refractivity contribution in [1.82, 2.24) is 4.90 Å². The van der Waals surface area contributed by atoms with Gasteiger partial charge in [0, 0.05) is 19.5 Å². The normalized spacial score (nSPS) is 23.6. The van der Waals surface area contributed by atoms with E-state index in [2.05, 4.69) is 13.0 Å². The summed E-state index contributed by atoms with van der Waals surface area (Å²) in [5.74, 6) is 0. The zero-order chi connectivity index (χ0) is 12.7. The fourth-order valence-corrected chi connectivity index (χ4v) is 1.76. The Morgan fingerprint density at radius 3 is 2.82 bits per heavy atom. The number of amides is 1. The molecule has 98 valence electrons. The smallest absolute Gasteiger partial charge is 0.410 e. The second-order valence-corrected chi connectivity index (χ2v) is 4.12. The number of carbonyl (C=O) groups is 1. The third kappa shape index (κ3) is 4.38. The molecular weight excluding hydrogens is 218 g/mol. The molecule has 1 unspecified atom stereocenters. The summed E-state index contributed by atoms with van der Waals surface area (Å²) in [6.07, 6.45) is 3.62. The predicted molar refractivity (Wildman–Crippen MR) is 67.0 cm³/mol. The molecule has 4 nitrogen and oxygen atoms in total. The van der Waals surface area contributed by atoms with Crippen molar-refractivity contribution in [3.8, 4) is 0 Å². The van der Waals surface area contributed by atoms with E-state index in [1.165, 1.54) is 5.57 Å². The van der Waals surface area contributed by atoms with Crippen LogP contribution >= 0.6 is 0 Å². The largest absolute Gasteiger partial charge is 0.444 e. The molecule has 0 aromatic heterocycles. The number of hydrogen-bond donors (Lipinski definition) is 0. The van der Waals surface area contributed by atoms with Crippen LogP contribution in [0.25, 0.3) is 0 Å². The Hall–Kier alpha value is -1.03. The lowest BCUT2D eigenvalue weighted by atomic mass is 10.1. The van der Waals surface area contributed by atoms with Gasteiger partial charge in [0.15, 0.2) is 0 Å². The van der Waals surface area contributed by atoms with Crippen LogP contribution in [-0.4, -0.2) is 43.4 Å².